The van der Waals surface area contributed by atoms with Crippen LogP contribution in [-0.2, 0) is 9.63 Å². The van der Waals surface area contributed by atoms with Crippen molar-refractivity contribution in [1.82, 2.24) is 5.48 Å². The molecular weight excluding hydrogens is 194 g/mol. The molecule has 0 saturated carbocycles. The van der Waals surface area contributed by atoms with Gasteiger partial charge < -0.3 is 9.57 Å². The minimum absolute atomic E-state index is 0.437. The predicted octanol–water partition coefficient (Wildman–Crippen LogP) is 1.39. The minimum Gasteiger partial charge on any atom is -0.497 e. The summed E-state index contributed by atoms with van der Waals surface area (Å²) >= 11 is 0. The first kappa shape index (κ1) is 11.3. The van der Waals surface area contributed by atoms with E-state index in [1.54, 1.807) is 13.2 Å². The summed E-state index contributed by atoms with van der Waals surface area (Å²) in [6.45, 7) is 0. The maximum absolute atomic E-state index is 10.9. The molecule has 0 aromatic heterocycles. The Bertz CT molecular complexity index is 343. The fourth-order valence-corrected chi connectivity index (χ4v) is 1.01. The lowest BCUT2D eigenvalue weighted by Gasteiger charge is -1.99. The summed E-state index contributed by atoms with van der Waals surface area (Å²) in [5.74, 6) is 0.346. The highest BCUT2D eigenvalue weighted by Gasteiger charge is 1.94. The molecule has 80 valence electrons. The van der Waals surface area contributed by atoms with Gasteiger partial charge in [0.1, 0.15) is 5.75 Å². The number of benzene rings is 1. The lowest BCUT2D eigenvalue weighted by molar-refractivity contribution is -0.143. The zero-order chi connectivity index (χ0) is 11.1. The molecule has 1 aromatic carbocycles. The molecule has 0 fully saturated rings. The third kappa shape index (κ3) is 3.83. The molecular formula is C11H13NO3. The van der Waals surface area contributed by atoms with Gasteiger partial charge in [0.05, 0.1) is 7.11 Å². The van der Waals surface area contributed by atoms with Gasteiger partial charge in [-0.15, -0.1) is 0 Å². The Morgan fingerprint density at radius 2 is 2.00 bits per heavy atom. The van der Waals surface area contributed by atoms with E-state index in [1.165, 1.54) is 13.1 Å². The van der Waals surface area contributed by atoms with Crippen LogP contribution < -0.4 is 10.2 Å². The van der Waals surface area contributed by atoms with Crippen molar-refractivity contribution in [2.75, 3.05) is 14.2 Å². The van der Waals surface area contributed by atoms with Crippen LogP contribution >= 0.6 is 0 Å². The van der Waals surface area contributed by atoms with Gasteiger partial charge in [-0.1, -0.05) is 12.1 Å². The first-order valence-corrected chi connectivity index (χ1v) is 4.46. The third-order valence-electron chi connectivity index (χ3n) is 1.73. The minimum atomic E-state index is -0.437. The van der Waals surface area contributed by atoms with E-state index in [0.29, 0.717) is 0 Å². The van der Waals surface area contributed by atoms with Gasteiger partial charge in [-0.2, -0.15) is 5.48 Å². The second-order valence-electron chi connectivity index (χ2n) is 2.73. The Balaban J connectivity index is 2.60. The first-order chi connectivity index (χ1) is 7.26. The van der Waals surface area contributed by atoms with Gasteiger partial charge >= 0.3 is 5.97 Å². The molecule has 4 nitrogen and oxygen atoms in total. The molecule has 0 heterocycles. The van der Waals surface area contributed by atoms with Gasteiger partial charge in [0.2, 0.25) is 0 Å². The average molecular weight is 207 g/mol. The van der Waals surface area contributed by atoms with Crippen molar-refractivity contribution >= 4 is 12.0 Å². The number of hydroxylamine groups is 1. The smallest absolute Gasteiger partial charge is 0.349 e. The lowest BCUT2D eigenvalue weighted by atomic mass is 10.2. The van der Waals surface area contributed by atoms with E-state index in [-0.39, 0.29) is 0 Å². The molecule has 0 aliphatic rings. The van der Waals surface area contributed by atoms with Crippen molar-refractivity contribution < 1.29 is 14.4 Å². The number of ether oxygens (including phenoxy) is 1. The van der Waals surface area contributed by atoms with E-state index in [1.807, 2.05) is 24.3 Å². The van der Waals surface area contributed by atoms with E-state index >= 15 is 0 Å². The Hall–Kier alpha value is -1.81. The molecule has 0 saturated heterocycles. The molecule has 0 aliphatic carbocycles. The summed E-state index contributed by atoms with van der Waals surface area (Å²) in [6, 6.07) is 7.34. The Labute approximate surface area is 88.5 Å². The van der Waals surface area contributed by atoms with Crippen molar-refractivity contribution in [2.45, 2.75) is 0 Å². The highest BCUT2D eigenvalue weighted by Crippen LogP contribution is 2.12. The zero-order valence-electron chi connectivity index (χ0n) is 8.69. The Kier molecular flexibility index (Phi) is 4.37. The fraction of sp³-hybridized carbons (Fsp3) is 0.182. The molecule has 1 rings (SSSR count). The molecule has 1 aromatic rings. The van der Waals surface area contributed by atoms with Crippen molar-refractivity contribution in [3.63, 3.8) is 0 Å². The van der Waals surface area contributed by atoms with Gasteiger partial charge in [-0.3, -0.25) is 0 Å². The summed E-state index contributed by atoms with van der Waals surface area (Å²) in [7, 11) is 3.13. The molecule has 1 N–H and O–H groups in total. The van der Waals surface area contributed by atoms with Gasteiger partial charge in [0.15, 0.2) is 0 Å². The van der Waals surface area contributed by atoms with Gasteiger partial charge in [-0.05, 0) is 23.8 Å². The number of carbonyl (C=O) groups excluding carboxylic acids is 1. The molecule has 0 amide bonds. The molecule has 0 radical (unpaired) electrons. The number of hydrogen-bond acceptors (Lipinski definition) is 4. The summed E-state index contributed by atoms with van der Waals surface area (Å²) in [5.41, 5.74) is 3.21. The monoisotopic (exact) mass is 207 g/mol. The van der Waals surface area contributed by atoms with E-state index in [2.05, 4.69) is 10.3 Å². The SMILES string of the molecule is CNOC(=O)C=Cc1ccc(OC)cc1. The quantitative estimate of drug-likeness (QED) is 0.598. The predicted molar refractivity (Wildman–Crippen MR) is 57.2 cm³/mol. The molecule has 0 aliphatic heterocycles. The summed E-state index contributed by atoms with van der Waals surface area (Å²) in [5, 5.41) is 0. The normalized spacial score (nSPS) is 10.3. The van der Waals surface area contributed by atoms with Crippen LogP contribution in [0.3, 0.4) is 0 Å². The van der Waals surface area contributed by atoms with E-state index < -0.39 is 5.97 Å². The Morgan fingerprint density at radius 3 is 2.53 bits per heavy atom. The summed E-state index contributed by atoms with van der Waals surface area (Å²) in [6.07, 6.45) is 3.01. The Morgan fingerprint density at radius 1 is 1.33 bits per heavy atom. The number of nitrogens with one attached hydrogen (secondary N) is 1. The molecule has 0 bridgehead atoms. The third-order valence-corrected chi connectivity index (χ3v) is 1.73. The maximum atomic E-state index is 10.9. The van der Waals surface area contributed by atoms with E-state index in [4.69, 9.17) is 4.74 Å². The largest absolute Gasteiger partial charge is 0.497 e. The number of hydrogen-bond donors (Lipinski definition) is 1. The van der Waals surface area contributed by atoms with Gasteiger partial charge in [-0.25, -0.2) is 4.79 Å². The van der Waals surface area contributed by atoms with Gasteiger partial charge in [0, 0.05) is 13.1 Å². The first-order valence-electron chi connectivity index (χ1n) is 4.46. The molecule has 0 spiro atoms. The zero-order valence-corrected chi connectivity index (χ0v) is 8.69. The van der Waals surface area contributed by atoms with Crippen molar-refractivity contribution in [2.24, 2.45) is 0 Å². The van der Waals surface area contributed by atoms with Crippen molar-refractivity contribution in [3.8, 4) is 5.75 Å². The van der Waals surface area contributed by atoms with Crippen LogP contribution in [0.15, 0.2) is 30.3 Å². The average Bonchev–Trinajstić information content (AvgIpc) is 2.27. The number of methoxy groups -OCH3 is 1. The van der Waals surface area contributed by atoms with Crippen LogP contribution in [0.25, 0.3) is 6.08 Å². The van der Waals surface area contributed by atoms with Gasteiger partial charge in [0.25, 0.3) is 0 Å². The number of rotatable bonds is 4. The molecule has 0 unspecified atom stereocenters. The highest BCUT2D eigenvalue weighted by molar-refractivity contribution is 5.86. The second kappa shape index (κ2) is 5.82. The molecule has 4 heteroatoms. The maximum Gasteiger partial charge on any atom is 0.349 e. The van der Waals surface area contributed by atoms with Crippen LogP contribution in [0.4, 0.5) is 0 Å². The fourth-order valence-electron chi connectivity index (χ4n) is 1.01. The van der Waals surface area contributed by atoms with E-state index in [0.717, 1.165) is 11.3 Å². The van der Waals surface area contributed by atoms with Crippen LogP contribution in [-0.4, -0.2) is 20.1 Å². The summed E-state index contributed by atoms with van der Waals surface area (Å²) in [4.78, 5) is 15.5. The van der Waals surface area contributed by atoms with Crippen LogP contribution in [0.2, 0.25) is 0 Å². The second-order valence-corrected chi connectivity index (χ2v) is 2.73. The standard InChI is InChI=1S/C11H13NO3/c1-12-15-11(13)8-5-9-3-6-10(14-2)7-4-9/h3-8,12H,1-2H3. The van der Waals surface area contributed by atoms with Crippen LogP contribution in [0, 0.1) is 0 Å². The topological polar surface area (TPSA) is 47.6 Å². The van der Waals surface area contributed by atoms with Crippen molar-refractivity contribution in [3.05, 3.63) is 35.9 Å². The number of carbonyl (C=O) groups is 1. The van der Waals surface area contributed by atoms with Crippen LogP contribution in [0.1, 0.15) is 5.56 Å². The van der Waals surface area contributed by atoms with Crippen LogP contribution in [0.5, 0.6) is 5.75 Å². The lowest BCUT2D eigenvalue weighted by Crippen LogP contribution is -2.12. The summed E-state index contributed by atoms with van der Waals surface area (Å²) < 4.78 is 5.01. The van der Waals surface area contributed by atoms with E-state index in [9.17, 15) is 4.79 Å². The highest BCUT2D eigenvalue weighted by atomic mass is 16.7. The molecule has 15 heavy (non-hydrogen) atoms. The van der Waals surface area contributed by atoms with Crippen molar-refractivity contribution in [1.29, 1.82) is 0 Å². The molecule has 0 atom stereocenters.